The van der Waals surface area contributed by atoms with Gasteiger partial charge in [0.05, 0.1) is 6.61 Å². The lowest BCUT2D eigenvalue weighted by Crippen LogP contribution is -2.34. The Hall–Kier alpha value is -2.18. The Morgan fingerprint density at radius 1 is 1.38 bits per heavy atom. The van der Waals surface area contributed by atoms with Gasteiger partial charge in [-0.3, -0.25) is 10.1 Å². The summed E-state index contributed by atoms with van der Waals surface area (Å²) in [5, 5.41) is 4.67. The van der Waals surface area contributed by atoms with Gasteiger partial charge in [-0.25, -0.2) is 14.8 Å². The third kappa shape index (κ3) is 4.36. The van der Waals surface area contributed by atoms with Crippen molar-refractivity contribution in [2.24, 2.45) is 0 Å². The number of amides is 2. The molecule has 86 valence electrons. The first-order chi connectivity index (χ1) is 7.72. The highest BCUT2D eigenvalue weighted by Gasteiger charge is 2.06. The van der Waals surface area contributed by atoms with E-state index in [1.165, 1.54) is 12.4 Å². The molecule has 0 radical (unpaired) electrons. The highest BCUT2D eigenvalue weighted by molar-refractivity contribution is 5.89. The molecule has 0 bridgehead atoms. The summed E-state index contributed by atoms with van der Waals surface area (Å²) in [6, 6.07) is 1.07. The summed E-state index contributed by atoms with van der Waals surface area (Å²) in [6.45, 7) is 1.78. The molecule has 0 saturated carbocycles. The summed E-state index contributed by atoms with van der Waals surface area (Å²) < 4.78 is 4.63. The number of carbonyl (C=O) groups excluding carboxylic acids is 2. The quantitative estimate of drug-likeness (QED) is 0.710. The minimum atomic E-state index is -0.556. The normalized spacial score (nSPS) is 9.31. The van der Waals surface area contributed by atoms with E-state index in [1.54, 1.807) is 13.0 Å². The minimum Gasteiger partial charge on any atom is -0.465 e. The van der Waals surface area contributed by atoms with E-state index >= 15 is 0 Å². The fourth-order valence-electron chi connectivity index (χ4n) is 0.874. The molecule has 0 unspecified atom stereocenters. The fraction of sp³-hybridized carbons (Fsp3) is 0.333. The molecule has 0 aromatic carbocycles. The summed E-state index contributed by atoms with van der Waals surface area (Å²) in [5.41, 5.74) is 0. The number of rotatable bonds is 4. The zero-order valence-electron chi connectivity index (χ0n) is 8.77. The lowest BCUT2D eigenvalue weighted by molar-refractivity contribution is -0.141. The Bertz CT molecular complexity index is 355. The van der Waals surface area contributed by atoms with Crippen molar-refractivity contribution in [2.75, 3.05) is 18.5 Å². The number of esters is 1. The van der Waals surface area contributed by atoms with Crippen LogP contribution in [-0.2, 0) is 9.53 Å². The molecule has 0 atom stereocenters. The molecule has 2 amide bonds. The highest BCUT2D eigenvalue weighted by Crippen LogP contribution is 1.92. The summed E-state index contributed by atoms with van der Waals surface area (Å²) in [6.07, 6.45) is 2.99. The third-order valence-corrected chi connectivity index (χ3v) is 1.49. The maximum absolute atomic E-state index is 11.2. The molecule has 0 aliphatic carbocycles. The van der Waals surface area contributed by atoms with E-state index in [0.29, 0.717) is 0 Å². The van der Waals surface area contributed by atoms with Gasteiger partial charge in [-0.15, -0.1) is 0 Å². The molecule has 0 aliphatic rings. The number of urea groups is 1. The topological polar surface area (TPSA) is 93.2 Å². The first kappa shape index (κ1) is 11.9. The molecule has 16 heavy (non-hydrogen) atoms. The SMILES string of the molecule is CCOC(=O)CNC(=O)Nc1ncccn1. The van der Waals surface area contributed by atoms with Crippen molar-refractivity contribution in [3.63, 3.8) is 0 Å². The van der Waals surface area contributed by atoms with Crippen LogP contribution >= 0.6 is 0 Å². The number of nitrogens with one attached hydrogen (secondary N) is 2. The molecule has 1 heterocycles. The van der Waals surface area contributed by atoms with Crippen molar-refractivity contribution < 1.29 is 14.3 Å². The van der Waals surface area contributed by atoms with Crippen molar-refractivity contribution in [1.29, 1.82) is 0 Å². The number of nitrogens with zero attached hydrogens (tertiary/aromatic N) is 2. The number of carbonyl (C=O) groups is 2. The average molecular weight is 224 g/mol. The van der Waals surface area contributed by atoms with Crippen molar-refractivity contribution in [2.45, 2.75) is 6.92 Å². The second kappa shape index (κ2) is 6.33. The Morgan fingerprint density at radius 2 is 2.06 bits per heavy atom. The number of aromatic nitrogens is 2. The molecule has 0 spiro atoms. The maximum atomic E-state index is 11.2. The Labute approximate surface area is 92.2 Å². The van der Waals surface area contributed by atoms with Gasteiger partial charge in [-0.05, 0) is 13.0 Å². The largest absolute Gasteiger partial charge is 0.465 e. The van der Waals surface area contributed by atoms with Crippen LogP contribution in [0.25, 0.3) is 0 Å². The molecular weight excluding hydrogens is 212 g/mol. The van der Waals surface area contributed by atoms with E-state index in [2.05, 4.69) is 25.3 Å². The summed E-state index contributed by atoms with van der Waals surface area (Å²) >= 11 is 0. The molecule has 0 saturated heterocycles. The average Bonchev–Trinajstić information content (AvgIpc) is 2.28. The number of ether oxygens (including phenoxy) is 1. The zero-order chi connectivity index (χ0) is 11.8. The van der Waals surface area contributed by atoms with Gasteiger partial charge in [-0.1, -0.05) is 0 Å². The minimum absolute atomic E-state index is 0.170. The van der Waals surface area contributed by atoms with Gasteiger partial charge in [0.2, 0.25) is 5.95 Å². The van der Waals surface area contributed by atoms with E-state index in [0.717, 1.165) is 0 Å². The molecule has 1 aromatic rings. The number of hydrogen-bond donors (Lipinski definition) is 2. The van der Waals surface area contributed by atoms with Crippen LogP contribution in [0.5, 0.6) is 0 Å². The van der Waals surface area contributed by atoms with Gasteiger partial charge in [0, 0.05) is 12.4 Å². The lowest BCUT2D eigenvalue weighted by Gasteiger charge is -2.05. The van der Waals surface area contributed by atoms with Gasteiger partial charge in [-0.2, -0.15) is 0 Å². The summed E-state index contributed by atoms with van der Waals surface area (Å²) in [5.74, 6) is -0.324. The van der Waals surface area contributed by atoms with Crippen molar-refractivity contribution in [1.82, 2.24) is 15.3 Å². The number of anilines is 1. The molecule has 7 nitrogen and oxygen atoms in total. The predicted octanol–water partition coefficient (Wildman–Crippen LogP) is 0.161. The van der Waals surface area contributed by atoms with E-state index < -0.39 is 12.0 Å². The third-order valence-electron chi connectivity index (χ3n) is 1.49. The second-order valence-corrected chi connectivity index (χ2v) is 2.69. The smallest absolute Gasteiger partial charge is 0.325 e. The van der Waals surface area contributed by atoms with Gasteiger partial charge in [0.15, 0.2) is 0 Å². The van der Waals surface area contributed by atoms with Crippen LogP contribution in [0.2, 0.25) is 0 Å². The molecule has 0 fully saturated rings. The van der Waals surface area contributed by atoms with Gasteiger partial charge in [0.1, 0.15) is 6.54 Å². The molecule has 1 aromatic heterocycles. The van der Waals surface area contributed by atoms with Gasteiger partial charge >= 0.3 is 12.0 Å². The Morgan fingerprint density at radius 3 is 2.69 bits per heavy atom. The molecule has 1 rings (SSSR count). The van der Waals surface area contributed by atoms with Crippen LogP contribution in [0, 0.1) is 0 Å². The lowest BCUT2D eigenvalue weighted by atomic mass is 10.6. The van der Waals surface area contributed by atoms with E-state index in [4.69, 9.17) is 0 Å². The zero-order valence-corrected chi connectivity index (χ0v) is 8.77. The van der Waals surface area contributed by atoms with E-state index in [-0.39, 0.29) is 19.1 Å². The standard InChI is InChI=1S/C9H12N4O3/c1-2-16-7(14)6-12-9(15)13-8-10-4-3-5-11-8/h3-5H,2,6H2,1H3,(H2,10,11,12,13,15). The Balaban J connectivity index is 2.29. The first-order valence-corrected chi connectivity index (χ1v) is 4.70. The molecule has 0 aliphatic heterocycles. The van der Waals surface area contributed by atoms with Crippen LogP contribution in [0.15, 0.2) is 18.5 Å². The van der Waals surface area contributed by atoms with Crippen LogP contribution in [0.4, 0.5) is 10.7 Å². The number of hydrogen-bond acceptors (Lipinski definition) is 5. The van der Waals surface area contributed by atoms with E-state index in [1.807, 2.05) is 0 Å². The molecule has 7 heteroatoms. The Kier molecular flexibility index (Phi) is 4.71. The fourth-order valence-corrected chi connectivity index (χ4v) is 0.874. The second-order valence-electron chi connectivity index (χ2n) is 2.69. The van der Waals surface area contributed by atoms with Crippen LogP contribution in [0.3, 0.4) is 0 Å². The van der Waals surface area contributed by atoms with Crippen LogP contribution < -0.4 is 10.6 Å². The van der Waals surface area contributed by atoms with Crippen molar-refractivity contribution in [3.8, 4) is 0 Å². The van der Waals surface area contributed by atoms with E-state index in [9.17, 15) is 9.59 Å². The maximum Gasteiger partial charge on any atom is 0.325 e. The van der Waals surface area contributed by atoms with Crippen LogP contribution in [-0.4, -0.2) is 35.1 Å². The molecule has 2 N–H and O–H groups in total. The van der Waals surface area contributed by atoms with Gasteiger partial charge in [0.25, 0.3) is 0 Å². The first-order valence-electron chi connectivity index (χ1n) is 4.70. The van der Waals surface area contributed by atoms with Crippen molar-refractivity contribution in [3.05, 3.63) is 18.5 Å². The predicted molar refractivity (Wildman–Crippen MR) is 55.7 cm³/mol. The van der Waals surface area contributed by atoms with Gasteiger partial charge < -0.3 is 10.1 Å². The summed E-state index contributed by atoms with van der Waals surface area (Å²) in [4.78, 5) is 29.7. The van der Waals surface area contributed by atoms with Crippen LogP contribution in [0.1, 0.15) is 6.92 Å². The molecular formula is C9H12N4O3. The highest BCUT2D eigenvalue weighted by atomic mass is 16.5. The summed E-state index contributed by atoms with van der Waals surface area (Å²) in [7, 11) is 0. The monoisotopic (exact) mass is 224 g/mol. The van der Waals surface area contributed by atoms with Crippen molar-refractivity contribution >= 4 is 17.9 Å².